The number of carbonyl (C=O) groups excluding carboxylic acids is 1. The van der Waals surface area contributed by atoms with E-state index in [1.54, 1.807) is 6.92 Å². The number of Topliss-reactive ketones (excluding diaryl/α,β-unsaturated/α-hetero) is 1. The molecule has 2 N–H and O–H groups in total. The highest BCUT2D eigenvalue weighted by Crippen LogP contribution is 2.31. The molecule has 0 aromatic heterocycles. The van der Waals surface area contributed by atoms with Crippen LogP contribution in [0.25, 0.3) is 0 Å². The number of hydrogen-bond acceptors (Lipinski definition) is 2. The van der Waals surface area contributed by atoms with Crippen molar-refractivity contribution in [2.24, 2.45) is 5.73 Å². The smallest absolute Gasteiger partial charge is 0.134 e. The van der Waals surface area contributed by atoms with Crippen LogP contribution in [-0.4, -0.2) is 12.3 Å². The fourth-order valence-corrected chi connectivity index (χ4v) is 3.70. The summed E-state index contributed by atoms with van der Waals surface area (Å²) in [4.78, 5) is 10.9. The Hall–Kier alpha value is -1.64. The summed E-state index contributed by atoms with van der Waals surface area (Å²) in [7, 11) is 0. The second-order valence-electron chi connectivity index (χ2n) is 8.73. The highest BCUT2D eigenvalue weighted by molar-refractivity contribution is 6.31. The van der Waals surface area contributed by atoms with Crippen LogP contribution in [0.15, 0.2) is 36.4 Å². The Morgan fingerprint density at radius 2 is 1.60 bits per heavy atom. The van der Waals surface area contributed by atoms with Gasteiger partial charge in [0, 0.05) is 11.4 Å². The van der Waals surface area contributed by atoms with E-state index in [4.69, 9.17) is 17.3 Å². The van der Waals surface area contributed by atoms with Gasteiger partial charge in [-0.25, -0.2) is 0 Å². The Labute approximate surface area is 190 Å². The lowest BCUT2D eigenvalue weighted by molar-refractivity contribution is -0.116. The van der Waals surface area contributed by atoms with Crippen LogP contribution in [0.3, 0.4) is 0 Å². The molecular formula is C27H42ClNO. The molecule has 0 heterocycles. The van der Waals surface area contributed by atoms with Crippen molar-refractivity contribution in [2.45, 2.75) is 86.5 Å². The van der Waals surface area contributed by atoms with Crippen molar-refractivity contribution >= 4 is 17.4 Å². The molecule has 2 nitrogen and oxygen atoms in total. The van der Waals surface area contributed by atoms with Crippen molar-refractivity contribution in [1.82, 2.24) is 0 Å². The van der Waals surface area contributed by atoms with Gasteiger partial charge in [0.15, 0.2) is 0 Å². The molecule has 0 aliphatic carbocycles. The van der Waals surface area contributed by atoms with Gasteiger partial charge in [0.1, 0.15) is 5.78 Å². The van der Waals surface area contributed by atoms with Crippen LogP contribution in [0, 0.1) is 6.92 Å². The van der Waals surface area contributed by atoms with Gasteiger partial charge in [0.25, 0.3) is 0 Å². The third-order valence-electron chi connectivity index (χ3n) is 4.82. The molecule has 2 aromatic rings. The summed E-state index contributed by atoms with van der Waals surface area (Å²) in [5.41, 5.74) is 12.3. The Morgan fingerprint density at radius 3 is 2.03 bits per heavy atom. The van der Waals surface area contributed by atoms with Crippen LogP contribution >= 0.6 is 11.6 Å². The summed E-state index contributed by atoms with van der Waals surface area (Å²) in [5, 5.41) is 0.685. The first-order chi connectivity index (χ1) is 14.0. The monoisotopic (exact) mass is 431 g/mol. The molecule has 2 aromatic carbocycles. The molecule has 3 heteroatoms. The van der Waals surface area contributed by atoms with Crippen molar-refractivity contribution in [3.63, 3.8) is 0 Å². The highest BCUT2D eigenvalue weighted by atomic mass is 35.5. The Bertz CT molecular complexity index is 768. The average molecular weight is 432 g/mol. The van der Waals surface area contributed by atoms with E-state index in [0.717, 1.165) is 24.1 Å². The van der Waals surface area contributed by atoms with Gasteiger partial charge >= 0.3 is 0 Å². The number of halogens is 1. The molecule has 30 heavy (non-hydrogen) atoms. The summed E-state index contributed by atoms with van der Waals surface area (Å²) in [5.74, 6) is 0.718. The minimum atomic E-state index is 0.145. The quantitative estimate of drug-likeness (QED) is 0.535. The number of carbonyl (C=O) groups is 1. The summed E-state index contributed by atoms with van der Waals surface area (Å²) in [6.45, 7) is 19.6. The Morgan fingerprint density at radius 1 is 1.03 bits per heavy atom. The Balaban J connectivity index is 0.000000535. The minimum Gasteiger partial charge on any atom is -0.330 e. The van der Waals surface area contributed by atoms with Crippen molar-refractivity contribution in [3.05, 3.63) is 69.2 Å². The van der Waals surface area contributed by atoms with E-state index in [0.29, 0.717) is 17.4 Å². The van der Waals surface area contributed by atoms with Gasteiger partial charge in [-0.05, 0) is 72.0 Å². The van der Waals surface area contributed by atoms with E-state index in [2.05, 4.69) is 52.8 Å². The maximum absolute atomic E-state index is 10.9. The van der Waals surface area contributed by atoms with Crippen LogP contribution in [0.1, 0.15) is 89.1 Å². The molecule has 0 radical (unpaired) electrons. The molecule has 0 saturated carbocycles. The van der Waals surface area contributed by atoms with E-state index < -0.39 is 0 Å². The zero-order valence-electron chi connectivity index (χ0n) is 20.5. The van der Waals surface area contributed by atoms with Crippen molar-refractivity contribution in [2.75, 3.05) is 6.54 Å². The van der Waals surface area contributed by atoms with Crippen LogP contribution in [0.5, 0.6) is 0 Å². The van der Waals surface area contributed by atoms with Gasteiger partial charge in [-0.2, -0.15) is 0 Å². The first-order valence-corrected chi connectivity index (χ1v) is 11.4. The van der Waals surface area contributed by atoms with Gasteiger partial charge in [-0.15, -0.1) is 0 Å². The number of aryl methyl sites for hydroxylation is 1. The van der Waals surface area contributed by atoms with Gasteiger partial charge in [0.2, 0.25) is 0 Å². The van der Waals surface area contributed by atoms with Crippen LogP contribution < -0.4 is 5.73 Å². The third kappa shape index (κ3) is 9.02. The number of hydrogen-bond donors (Lipinski definition) is 1. The molecule has 0 fully saturated rings. The fourth-order valence-electron chi connectivity index (χ4n) is 3.41. The molecule has 2 rings (SSSR count). The first-order valence-electron chi connectivity index (χ1n) is 11.0. The van der Waals surface area contributed by atoms with Crippen LogP contribution in [0.2, 0.25) is 5.02 Å². The highest BCUT2D eigenvalue weighted by Gasteiger charge is 2.20. The van der Waals surface area contributed by atoms with E-state index in [9.17, 15) is 4.79 Å². The Kier molecular flexibility index (Phi) is 12.9. The topological polar surface area (TPSA) is 43.1 Å². The van der Waals surface area contributed by atoms with E-state index in [-0.39, 0.29) is 11.2 Å². The van der Waals surface area contributed by atoms with Gasteiger partial charge in [-0.3, -0.25) is 4.79 Å². The van der Waals surface area contributed by atoms with Crippen LogP contribution in [-0.2, 0) is 23.1 Å². The SMILES string of the molecule is CC.CC(=O)Cc1c(C)cccc1Cl.CC(C)c1cccc(C(C)(C)C)c1CCN. The number of nitrogens with two attached hydrogens (primary N) is 1. The van der Waals surface area contributed by atoms with Crippen molar-refractivity contribution in [1.29, 1.82) is 0 Å². The maximum atomic E-state index is 10.9. The summed E-state index contributed by atoms with van der Waals surface area (Å²) >= 11 is 5.92. The molecule has 0 aliphatic heterocycles. The second-order valence-corrected chi connectivity index (χ2v) is 9.14. The number of benzene rings is 2. The zero-order valence-corrected chi connectivity index (χ0v) is 21.3. The predicted molar refractivity (Wildman–Crippen MR) is 134 cm³/mol. The fraction of sp³-hybridized carbons (Fsp3) is 0.519. The number of rotatable bonds is 5. The lowest BCUT2D eigenvalue weighted by Gasteiger charge is -2.26. The first kappa shape index (κ1) is 28.4. The van der Waals surface area contributed by atoms with Crippen molar-refractivity contribution < 1.29 is 4.79 Å². The molecule has 0 amide bonds. The van der Waals surface area contributed by atoms with E-state index in [1.165, 1.54) is 16.7 Å². The van der Waals surface area contributed by atoms with Crippen molar-refractivity contribution in [3.8, 4) is 0 Å². The molecule has 0 bridgehead atoms. The second kappa shape index (κ2) is 13.6. The maximum Gasteiger partial charge on any atom is 0.134 e. The lowest BCUT2D eigenvalue weighted by Crippen LogP contribution is -2.18. The van der Waals surface area contributed by atoms with Gasteiger partial charge in [-0.1, -0.05) is 90.4 Å². The lowest BCUT2D eigenvalue weighted by atomic mass is 9.79. The average Bonchev–Trinajstić information content (AvgIpc) is 2.66. The number of ketones is 1. The summed E-state index contributed by atoms with van der Waals surface area (Å²) in [6, 6.07) is 12.3. The van der Waals surface area contributed by atoms with Gasteiger partial charge in [0.05, 0.1) is 0 Å². The van der Waals surface area contributed by atoms with E-state index >= 15 is 0 Å². The van der Waals surface area contributed by atoms with Crippen LogP contribution in [0.4, 0.5) is 0 Å². The summed E-state index contributed by atoms with van der Waals surface area (Å²) < 4.78 is 0. The predicted octanol–water partition coefficient (Wildman–Crippen LogP) is 7.41. The molecule has 0 saturated heterocycles. The molecule has 0 atom stereocenters. The summed E-state index contributed by atoms with van der Waals surface area (Å²) in [6.07, 6.45) is 1.42. The normalized spacial score (nSPS) is 10.7. The third-order valence-corrected chi connectivity index (χ3v) is 5.17. The molecule has 0 aliphatic rings. The van der Waals surface area contributed by atoms with Gasteiger partial charge < -0.3 is 5.73 Å². The molecule has 0 unspecified atom stereocenters. The molecule has 168 valence electrons. The largest absolute Gasteiger partial charge is 0.330 e. The minimum absolute atomic E-state index is 0.145. The zero-order chi connectivity index (χ0) is 23.5. The molecular weight excluding hydrogens is 390 g/mol. The molecule has 0 spiro atoms. The van der Waals surface area contributed by atoms with E-state index in [1.807, 2.05) is 39.0 Å². The standard InChI is InChI=1S/C15H25N.C10H11ClO.C2H6/c1-11(2)12-7-6-8-14(15(3,4)5)13(12)9-10-16;1-7-4-3-5-10(11)9(7)6-8(2)12;1-2/h6-8,11H,9-10,16H2,1-5H3;3-5H,6H2,1-2H3;1-2H3.